The minimum Gasteiger partial charge on any atom is -0.455 e. The minimum atomic E-state index is -0.417. The molecule has 0 bridgehead atoms. The highest BCUT2D eigenvalue weighted by molar-refractivity contribution is 14.1. The summed E-state index contributed by atoms with van der Waals surface area (Å²) < 4.78 is 7.08. The van der Waals surface area contributed by atoms with Crippen molar-refractivity contribution in [2.75, 3.05) is 17.7 Å². The van der Waals surface area contributed by atoms with Gasteiger partial charge in [-0.25, -0.2) is 0 Å². The monoisotopic (exact) mass is 519 g/mol. The highest BCUT2D eigenvalue weighted by Crippen LogP contribution is 2.25. The number of benzene rings is 2. The zero-order chi connectivity index (χ0) is 17.5. The van der Waals surface area contributed by atoms with Crippen LogP contribution in [0.1, 0.15) is 5.56 Å². The summed E-state index contributed by atoms with van der Waals surface area (Å²) in [6.07, 6.45) is 0. The molecule has 2 rings (SSSR count). The number of halogens is 2. The Kier molecular flexibility index (Phi) is 7.57. The van der Waals surface area contributed by atoms with Crippen molar-refractivity contribution in [2.24, 2.45) is 0 Å². The summed E-state index contributed by atoms with van der Waals surface area (Å²) in [6.45, 7) is 1.69. The van der Waals surface area contributed by atoms with E-state index in [-0.39, 0.29) is 18.3 Å². The molecule has 0 fully saturated rings. The average molecular weight is 520 g/mol. The minimum absolute atomic E-state index is 0.166. The second kappa shape index (κ2) is 9.43. The number of amides is 1. The smallest absolute Gasteiger partial charge is 0.316 e. The summed E-state index contributed by atoms with van der Waals surface area (Å²) in [7, 11) is 0. The van der Waals surface area contributed by atoms with Crippen LogP contribution in [0.15, 0.2) is 51.8 Å². The first-order chi connectivity index (χ1) is 11.4. The molecule has 126 valence electrons. The Bertz CT molecular complexity index is 737. The predicted octanol–water partition coefficient (Wildman–Crippen LogP) is 4.64. The third-order valence-corrected chi connectivity index (χ3v) is 5.34. The van der Waals surface area contributed by atoms with Crippen molar-refractivity contribution in [3.63, 3.8) is 0 Å². The fourth-order valence-electron chi connectivity index (χ4n) is 1.83. The molecule has 0 aliphatic carbocycles. The Morgan fingerprint density at radius 1 is 1.21 bits per heavy atom. The molecule has 0 saturated carbocycles. The number of hydrogen-bond donors (Lipinski definition) is 1. The molecule has 1 N–H and O–H groups in total. The molecule has 0 heterocycles. The van der Waals surface area contributed by atoms with Crippen molar-refractivity contribution in [1.29, 1.82) is 0 Å². The van der Waals surface area contributed by atoms with Gasteiger partial charge in [0.25, 0.3) is 5.91 Å². The van der Waals surface area contributed by atoms with Crippen LogP contribution in [-0.2, 0) is 14.3 Å². The summed E-state index contributed by atoms with van der Waals surface area (Å²) in [6, 6.07) is 13.2. The van der Waals surface area contributed by atoms with Crippen LogP contribution in [0.5, 0.6) is 0 Å². The second-order valence-electron chi connectivity index (χ2n) is 4.91. The second-order valence-corrected chi connectivity index (χ2v) is 8.09. The van der Waals surface area contributed by atoms with E-state index >= 15 is 0 Å². The SMILES string of the molecule is Cc1cc(Br)ccc1SCC(=O)OCC(=O)Nc1ccc(I)cc1. The number of aryl methyl sites for hydroxylation is 1. The van der Waals surface area contributed by atoms with E-state index in [2.05, 4.69) is 43.8 Å². The number of ether oxygens (including phenoxy) is 1. The van der Waals surface area contributed by atoms with Gasteiger partial charge in [-0.1, -0.05) is 15.9 Å². The van der Waals surface area contributed by atoms with E-state index in [9.17, 15) is 9.59 Å². The summed E-state index contributed by atoms with van der Waals surface area (Å²) in [5.74, 6) is -0.603. The third-order valence-electron chi connectivity index (χ3n) is 2.97. The Hall–Kier alpha value is -1.06. The number of hydrogen-bond acceptors (Lipinski definition) is 4. The van der Waals surface area contributed by atoms with Crippen LogP contribution in [-0.4, -0.2) is 24.2 Å². The molecule has 4 nitrogen and oxygen atoms in total. The van der Waals surface area contributed by atoms with Crippen LogP contribution in [0.2, 0.25) is 0 Å². The molecule has 0 radical (unpaired) electrons. The molecule has 2 aromatic rings. The summed E-state index contributed by atoms with van der Waals surface area (Å²) in [5.41, 5.74) is 1.76. The summed E-state index contributed by atoms with van der Waals surface area (Å²) in [4.78, 5) is 24.5. The molecule has 24 heavy (non-hydrogen) atoms. The third kappa shape index (κ3) is 6.45. The highest BCUT2D eigenvalue weighted by Gasteiger charge is 2.10. The van der Waals surface area contributed by atoms with E-state index in [4.69, 9.17) is 4.74 Å². The van der Waals surface area contributed by atoms with Gasteiger partial charge in [0, 0.05) is 18.6 Å². The van der Waals surface area contributed by atoms with E-state index in [1.807, 2.05) is 37.3 Å². The van der Waals surface area contributed by atoms with Gasteiger partial charge < -0.3 is 10.1 Å². The van der Waals surface area contributed by atoms with Crippen molar-refractivity contribution in [3.05, 3.63) is 56.1 Å². The van der Waals surface area contributed by atoms with Crippen LogP contribution < -0.4 is 5.32 Å². The lowest BCUT2D eigenvalue weighted by Crippen LogP contribution is -2.21. The van der Waals surface area contributed by atoms with Gasteiger partial charge >= 0.3 is 5.97 Å². The molecule has 7 heteroatoms. The molecule has 2 aromatic carbocycles. The Morgan fingerprint density at radius 2 is 1.92 bits per heavy atom. The average Bonchev–Trinajstić information content (AvgIpc) is 2.54. The lowest BCUT2D eigenvalue weighted by molar-refractivity contribution is -0.144. The zero-order valence-electron chi connectivity index (χ0n) is 12.8. The van der Waals surface area contributed by atoms with Gasteiger partial charge in [-0.3, -0.25) is 9.59 Å². The van der Waals surface area contributed by atoms with Gasteiger partial charge in [-0.2, -0.15) is 0 Å². The molecule has 0 saturated heterocycles. The van der Waals surface area contributed by atoms with E-state index in [0.29, 0.717) is 5.69 Å². The first kappa shape index (κ1) is 19.3. The topological polar surface area (TPSA) is 55.4 Å². The Balaban J connectivity index is 1.74. The van der Waals surface area contributed by atoms with Crippen LogP contribution in [0.3, 0.4) is 0 Å². The van der Waals surface area contributed by atoms with Crippen LogP contribution in [0, 0.1) is 10.5 Å². The van der Waals surface area contributed by atoms with E-state index in [0.717, 1.165) is 18.5 Å². The van der Waals surface area contributed by atoms with Gasteiger partial charge in [0.15, 0.2) is 6.61 Å². The van der Waals surface area contributed by atoms with Crippen LogP contribution in [0.4, 0.5) is 5.69 Å². The van der Waals surface area contributed by atoms with Crippen molar-refractivity contribution >= 4 is 67.8 Å². The maximum absolute atomic E-state index is 11.8. The Labute approximate surface area is 167 Å². The predicted molar refractivity (Wildman–Crippen MR) is 108 cm³/mol. The van der Waals surface area contributed by atoms with E-state index in [1.54, 1.807) is 12.1 Å². The number of esters is 1. The van der Waals surface area contributed by atoms with Gasteiger partial charge in [0.2, 0.25) is 0 Å². The van der Waals surface area contributed by atoms with Crippen molar-refractivity contribution < 1.29 is 14.3 Å². The maximum Gasteiger partial charge on any atom is 0.316 e. The van der Waals surface area contributed by atoms with Crippen molar-refractivity contribution in [2.45, 2.75) is 11.8 Å². The van der Waals surface area contributed by atoms with Crippen LogP contribution >= 0.6 is 50.3 Å². The normalized spacial score (nSPS) is 10.3. The van der Waals surface area contributed by atoms with Crippen molar-refractivity contribution in [3.8, 4) is 0 Å². The molecule has 0 aliphatic heterocycles. The fraction of sp³-hybridized carbons (Fsp3) is 0.176. The molecule has 0 aromatic heterocycles. The first-order valence-corrected chi connectivity index (χ1v) is 9.90. The number of nitrogens with one attached hydrogen (secondary N) is 1. The molecule has 0 spiro atoms. The number of rotatable bonds is 6. The largest absolute Gasteiger partial charge is 0.455 e. The first-order valence-electron chi connectivity index (χ1n) is 7.04. The number of carbonyl (C=O) groups excluding carboxylic acids is 2. The van der Waals surface area contributed by atoms with Crippen molar-refractivity contribution in [1.82, 2.24) is 0 Å². The zero-order valence-corrected chi connectivity index (χ0v) is 17.4. The summed E-state index contributed by atoms with van der Waals surface area (Å²) in [5, 5.41) is 2.68. The van der Waals surface area contributed by atoms with E-state index in [1.165, 1.54) is 11.8 Å². The van der Waals surface area contributed by atoms with E-state index < -0.39 is 5.97 Å². The quantitative estimate of drug-likeness (QED) is 0.343. The van der Waals surface area contributed by atoms with Crippen LogP contribution in [0.25, 0.3) is 0 Å². The van der Waals surface area contributed by atoms with Gasteiger partial charge in [-0.05, 0) is 77.5 Å². The lowest BCUT2D eigenvalue weighted by Gasteiger charge is -2.08. The maximum atomic E-state index is 11.8. The lowest BCUT2D eigenvalue weighted by atomic mass is 10.2. The molecular weight excluding hydrogens is 505 g/mol. The molecule has 0 unspecified atom stereocenters. The van der Waals surface area contributed by atoms with Gasteiger partial charge in [0.05, 0.1) is 5.75 Å². The molecule has 1 amide bonds. The summed E-state index contributed by atoms with van der Waals surface area (Å²) >= 11 is 6.98. The van der Waals surface area contributed by atoms with Gasteiger partial charge in [-0.15, -0.1) is 11.8 Å². The highest BCUT2D eigenvalue weighted by atomic mass is 127. The number of anilines is 1. The standard InChI is InChI=1S/C17H15BrINO3S/c1-11-8-12(18)2-7-15(11)24-10-17(22)23-9-16(21)20-14-5-3-13(19)4-6-14/h2-8H,9-10H2,1H3,(H,20,21). The number of carbonyl (C=O) groups is 2. The Morgan fingerprint density at radius 3 is 2.58 bits per heavy atom. The number of thioether (sulfide) groups is 1. The molecule has 0 atom stereocenters. The molecule has 0 aliphatic rings. The molecular formula is C17H15BrINO3S. The van der Waals surface area contributed by atoms with Gasteiger partial charge in [0.1, 0.15) is 0 Å². The fourth-order valence-corrected chi connectivity index (χ4v) is 3.47.